The van der Waals surface area contributed by atoms with Crippen LogP contribution in [-0.4, -0.2) is 12.1 Å². The van der Waals surface area contributed by atoms with Gasteiger partial charge in [-0.15, -0.1) is 11.3 Å². The third-order valence-electron chi connectivity index (χ3n) is 2.65. The number of methoxy groups -OCH3 is 1. The van der Waals surface area contributed by atoms with Crippen molar-refractivity contribution in [1.29, 1.82) is 0 Å². The van der Waals surface area contributed by atoms with Gasteiger partial charge in [-0.2, -0.15) is 0 Å². The molecule has 6 heteroatoms. The zero-order valence-electron chi connectivity index (χ0n) is 9.89. The number of rotatable bonds is 5. The molecule has 2 aromatic rings. The molecule has 1 aromatic heterocycles. The predicted octanol–water partition coefficient (Wildman–Crippen LogP) is 2.66. The van der Waals surface area contributed by atoms with Crippen LogP contribution >= 0.6 is 27.3 Å². The molecule has 0 amide bonds. The molecule has 96 valence electrons. The maximum atomic E-state index is 5.60. The number of nitrogens with one attached hydrogen (secondary N) is 1. The summed E-state index contributed by atoms with van der Waals surface area (Å²) >= 11 is 5.08. The zero-order valence-corrected chi connectivity index (χ0v) is 12.3. The smallest absolute Gasteiger partial charge is 0.133 e. The zero-order chi connectivity index (χ0) is 13.0. The average Bonchev–Trinajstić information content (AvgIpc) is 2.90. The Balaban J connectivity index is 2.15. The van der Waals surface area contributed by atoms with Gasteiger partial charge in [-0.1, -0.05) is 6.07 Å². The number of benzene rings is 1. The minimum Gasteiger partial charge on any atom is -0.496 e. The lowest BCUT2D eigenvalue weighted by Crippen LogP contribution is -2.28. The molecule has 0 bridgehead atoms. The molecule has 0 saturated carbocycles. The Hall–Kier alpha value is -0.950. The number of ether oxygens (including phenoxy) is 1. The van der Waals surface area contributed by atoms with E-state index in [4.69, 9.17) is 10.6 Å². The van der Waals surface area contributed by atoms with Crippen LogP contribution in [0, 0.1) is 0 Å². The molecule has 18 heavy (non-hydrogen) atoms. The molecule has 1 heterocycles. The van der Waals surface area contributed by atoms with Gasteiger partial charge in [0.25, 0.3) is 0 Å². The molecule has 0 aliphatic carbocycles. The summed E-state index contributed by atoms with van der Waals surface area (Å²) < 4.78 is 6.16. The van der Waals surface area contributed by atoms with E-state index in [1.165, 1.54) is 5.56 Å². The average molecular weight is 328 g/mol. The number of hydrogen-bond donors (Lipinski definition) is 2. The van der Waals surface area contributed by atoms with Gasteiger partial charge in [0.2, 0.25) is 0 Å². The van der Waals surface area contributed by atoms with Gasteiger partial charge >= 0.3 is 0 Å². The second kappa shape index (κ2) is 6.29. The van der Waals surface area contributed by atoms with Crippen LogP contribution < -0.4 is 16.0 Å². The summed E-state index contributed by atoms with van der Waals surface area (Å²) in [6, 6.07) is 6.11. The van der Waals surface area contributed by atoms with Crippen LogP contribution in [-0.2, 0) is 6.42 Å². The van der Waals surface area contributed by atoms with Crippen molar-refractivity contribution in [3.63, 3.8) is 0 Å². The third-order valence-corrected chi connectivity index (χ3v) is 4.16. The van der Waals surface area contributed by atoms with Crippen LogP contribution in [0.5, 0.6) is 5.75 Å². The number of nitrogens with two attached hydrogens (primary N) is 1. The summed E-state index contributed by atoms with van der Waals surface area (Å²) in [4.78, 5) is 5.20. The number of hydrazine groups is 1. The van der Waals surface area contributed by atoms with Crippen LogP contribution in [0.3, 0.4) is 0 Å². The van der Waals surface area contributed by atoms with Gasteiger partial charge in [-0.05, 0) is 40.0 Å². The number of thiazole rings is 1. The van der Waals surface area contributed by atoms with Crippen LogP contribution in [0.4, 0.5) is 0 Å². The van der Waals surface area contributed by atoms with Gasteiger partial charge in [0.15, 0.2) is 0 Å². The summed E-state index contributed by atoms with van der Waals surface area (Å²) in [6.45, 7) is 0. The minimum absolute atomic E-state index is 0.0813. The predicted molar refractivity (Wildman–Crippen MR) is 76.6 cm³/mol. The van der Waals surface area contributed by atoms with Crippen LogP contribution in [0.25, 0.3) is 0 Å². The molecular formula is C12H14BrN3OS. The highest BCUT2D eigenvalue weighted by atomic mass is 79.9. The topological polar surface area (TPSA) is 60.2 Å². The Bertz CT molecular complexity index is 504. The largest absolute Gasteiger partial charge is 0.496 e. The van der Waals surface area contributed by atoms with E-state index in [0.29, 0.717) is 0 Å². The number of aromatic nitrogens is 1. The van der Waals surface area contributed by atoms with Gasteiger partial charge in [-0.25, -0.2) is 0 Å². The Morgan fingerprint density at radius 3 is 2.94 bits per heavy atom. The first kappa shape index (κ1) is 13.5. The summed E-state index contributed by atoms with van der Waals surface area (Å²) in [6.07, 6.45) is 2.65. The van der Waals surface area contributed by atoms with Crippen molar-refractivity contribution in [3.05, 3.63) is 44.8 Å². The van der Waals surface area contributed by atoms with Crippen molar-refractivity contribution in [1.82, 2.24) is 10.4 Å². The van der Waals surface area contributed by atoms with Gasteiger partial charge in [0.1, 0.15) is 5.75 Å². The molecular weight excluding hydrogens is 314 g/mol. The summed E-state index contributed by atoms with van der Waals surface area (Å²) in [5.41, 5.74) is 5.81. The second-order valence-corrected chi connectivity index (χ2v) is 5.57. The fourth-order valence-corrected chi connectivity index (χ4v) is 2.98. The Kier molecular flexibility index (Phi) is 4.71. The standard InChI is InChI=1S/C12H14BrN3OS/c1-17-11-3-2-8(4-9(11)13)5-10(16-14)12-6-15-7-18-12/h2-4,6-7,10,16H,5,14H2,1H3. The van der Waals surface area contributed by atoms with Gasteiger partial charge in [-0.3, -0.25) is 16.3 Å². The maximum Gasteiger partial charge on any atom is 0.133 e. The van der Waals surface area contributed by atoms with Crippen molar-refractivity contribution in [3.8, 4) is 5.75 Å². The minimum atomic E-state index is 0.0813. The Morgan fingerprint density at radius 2 is 2.39 bits per heavy atom. The molecule has 0 fully saturated rings. The monoisotopic (exact) mass is 327 g/mol. The molecule has 0 saturated heterocycles. The van der Waals surface area contributed by atoms with Crippen molar-refractivity contribution in [2.45, 2.75) is 12.5 Å². The summed E-state index contributed by atoms with van der Waals surface area (Å²) in [5.74, 6) is 6.43. The van der Waals surface area contributed by atoms with Crippen molar-refractivity contribution in [2.24, 2.45) is 5.84 Å². The molecule has 4 nitrogen and oxygen atoms in total. The molecule has 0 spiro atoms. The van der Waals surface area contributed by atoms with Crippen molar-refractivity contribution in [2.75, 3.05) is 7.11 Å². The van der Waals surface area contributed by atoms with Crippen molar-refractivity contribution < 1.29 is 4.74 Å². The fraction of sp³-hybridized carbons (Fsp3) is 0.250. The third kappa shape index (κ3) is 3.08. The lowest BCUT2D eigenvalue weighted by Gasteiger charge is -2.14. The normalized spacial score (nSPS) is 12.4. The summed E-state index contributed by atoms with van der Waals surface area (Å²) in [5, 5.41) is 0. The van der Waals surface area contributed by atoms with E-state index >= 15 is 0 Å². The van der Waals surface area contributed by atoms with E-state index in [1.54, 1.807) is 18.4 Å². The van der Waals surface area contributed by atoms with E-state index in [1.807, 2.05) is 29.9 Å². The number of nitrogens with zero attached hydrogens (tertiary/aromatic N) is 1. The van der Waals surface area contributed by atoms with Crippen LogP contribution in [0.1, 0.15) is 16.5 Å². The van der Waals surface area contributed by atoms with Crippen LogP contribution in [0.2, 0.25) is 0 Å². The highest BCUT2D eigenvalue weighted by molar-refractivity contribution is 9.10. The molecule has 0 aliphatic heterocycles. The summed E-state index contributed by atoms with van der Waals surface area (Å²) in [7, 11) is 1.65. The Morgan fingerprint density at radius 1 is 1.56 bits per heavy atom. The highest BCUT2D eigenvalue weighted by Crippen LogP contribution is 2.28. The second-order valence-electron chi connectivity index (χ2n) is 3.80. The fourth-order valence-electron chi connectivity index (χ4n) is 1.71. The molecule has 2 rings (SSSR count). The van der Waals surface area contributed by atoms with E-state index in [-0.39, 0.29) is 6.04 Å². The van der Waals surface area contributed by atoms with E-state index < -0.39 is 0 Å². The molecule has 1 aromatic carbocycles. The number of hydrogen-bond acceptors (Lipinski definition) is 5. The SMILES string of the molecule is COc1ccc(CC(NN)c2cncs2)cc1Br. The quantitative estimate of drug-likeness (QED) is 0.654. The first-order valence-electron chi connectivity index (χ1n) is 5.41. The maximum absolute atomic E-state index is 5.60. The first-order valence-corrected chi connectivity index (χ1v) is 7.08. The van der Waals surface area contributed by atoms with Gasteiger partial charge in [0, 0.05) is 11.1 Å². The van der Waals surface area contributed by atoms with E-state index in [9.17, 15) is 0 Å². The molecule has 1 unspecified atom stereocenters. The molecule has 0 aliphatic rings. The van der Waals surface area contributed by atoms with Gasteiger partial charge in [0.05, 0.1) is 23.1 Å². The Labute approximate surface area is 118 Å². The molecule has 0 radical (unpaired) electrons. The van der Waals surface area contributed by atoms with Gasteiger partial charge < -0.3 is 4.74 Å². The highest BCUT2D eigenvalue weighted by Gasteiger charge is 2.13. The molecule has 1 atom stereocenters. The first-order chi connectivity index (χ1) is 8.74. The van der Waals surface area contributed by atoms with Crippen LogP contribution in [0.15, 0.2) is 34.4 Å². The van der Waals surface area contributed by atoms with E-state index in [2.05, 4.69) is 26.3 Å². The lowest BCUT2D eigenvalue weighted by atomic mass is 10.1. The number of halogens is 1. The molecule has 3 N–H and O–H groups in total. The lowest BCUT2D eigenvalue weighted by molar-refractivity contribution is 0.412. The van der Waals surface area contributed by atoms with E-state index in [0.717, 1.165) is 21.5 Å². The van der Waals surface area contributed by atoms with Crippen molar-refractivity contribution >= 4 is 27.3 Å².